The molecule has 35 heavy (non-hydrogen) atoms. The maximum atomic E-state index is 13.4. The first-order valence-electron chi connectivity index (χ1n) is 11.5. The molecule has 0 spiro atoms. The SMILES string of the molecule is COc1ccc(CCN2C(=O)C(O)=C(C(=O)c3cccs3)C2c2ccc(C(C)C)cc2)cc1OC. The summed E-state index contributed by atoms with van der Waals surface area (Å²) in [5.74, 6) is 0.244. The second kappa shape index (κ2) is 10.4. The van der Waals surface area contributed by atoms with E-state index in [0.717, 1.165) is 16.7 Å². The highest BCUT2D eigenvalue weighted by molar-refractivity contribution is 7.12. The van der Waals surface area contributed by atoms with Crippen LogP contribution in [0.2, 0.25) is 0 Å². The highest BCUT2D eigenvalue weighted by Crippen LogP contribution is 2.40. The number of aliphatic hydroxyl groups is 1. The lowest BCUT2D eigenvalue weighted by atomic mass is 9.93. The van der Waals surface area contributed by atoms with Gasteiger partial charge in [0.2, 0.25) is 5.78 Å². The number of hydrogen-bond acceptors (Lipinski definition) is 6. The third kappa shape index (κ3) is 4.82. The van der Waals surface area contributed by atoms with Crippen molar-refractivity contribution in [1.82, 2.24) is 4.90 Å². The van der Waals surface area contributed by atoms with E-state index in [0.29, 0.717) is 35.3 Å². The fraction of sp³-hybridized carbons (Fsp3) is 0.286. The minimum absolute atomic E-state index is 0.127. The molecule has 182 valence electrons. The fourth-order valence-electron chi connectivity index (χ4n) is 4.35. The molecule has 0 fully saturated rings. The molecule has 1 aliphatic heterocycles. The van der Waals surface area contributed by atoms with Crippen molar-refractivity contribution in [2.45, 2.75) is 32.2 Å². The zero-order valence-corrected chi connectivity index (χ0v) is 21.1. The summed E-state index contributed by atoms with van der Waals surface area (Å²) in [6.45, 7) is 4.54. The Morgan fingerprint density at radius 3 is 2.37 bits per heavy atom. The van der Waals surface area contributed by atoms with E-state index in [-0.39, 0.29) is 11.4 Å². The summed E-state index contributed by atoms with van der Waals surface area (Å²) in [5.41, 5.74) is 3.03. The number of carbonyl (C=O) groups excluding carboxylic acids is 2. The van der Waals surface area contributed by atoms with Gasteiger partial charge in [0.15, 0.2) is 17.3 Å². The van der Waals surface area contributed by atoms with Crippen molar-refractivity contribution in [3.63, 3.8) is 0 Å². The van der Waals surface area contributed by atoms with Crippen LogP contribution in [0.4, 0.5) is 0 Å². The summed E-state index contributed by atoms with van der Waals surface area (Å²) >= 11 is 1.29. The second-order valence-electron chi connectivity index (χ2n) is 8.73. The third-order valence-corrected chi connectivity index (χ3v) is 7.17. The fourth-order valence-corrected chi connectivity index (χ4v) is 5.03. The lowest BCUT2D eigenvalue weighted by Crippen LogP contribution is -2.33. The van der Waals surface area contributed by atoms with Crippen LogP contribution in [0.1, 0.15) is 52.2 Å². The average Bonchev–Trinajstić information content (AvgIpc) is 3.50. The van der Waals surface area contributed by atoms with Gasteiger partial charge in [-0.2, -0.15) is 0 Å². The van der Waals surface area contributed by atoms with E-state index in [1.54, 1.807) is 31.3 Å². The molecule has 0 saturated heterocycles. The molecular weight excluding hydrogens is 462 g/mol. The molecule has 1 amide bonds. The summed E-state index contributed by atoms with van der Waals surface area (Å²) in [7, 11) is 3.16. The standard InChI is InChI=1S/C28H29NO5S/c1-17(2)19-8-10-20(11-9-19)25-24(26(30)23-6-5-15-35-23)27(31)28(32)29(25)14-13-18-7-12-21(33-3)22(16-18)34-4/h5-12,15-17,25,31H,13-14H2,1-4H3. The molecule has 1 aliphatic rings. The molecular formula is C28H29NO5S. The van der Waals surface area contributed by atoms with Crippen LogP contribution in [-0.4, -0.2) is 42.5 Å². The maximum Gasteiger partial charge on any atom is 0.290 e. The smallest absolute Gasteiger partial charge is 0.290 e. The van der Waals surface area contributed by atoms with Gasteiger partial charge in [0, 0.05) is 6.54 Å². The number of hydrogen-bond donors (Lipinski definition) is 1. The van der Waals surface area contributed by atoms with E-state index in [2.05, 4.69) is 13.8 Å². The van der Waals surface area contributed by atoms with Crippen LogP contribution >= 0.6 is 11.3 Å². The Morgan fingerprint density at radius 2 is 1.77 bits per heavy atom. The van der Waals surface area contributed by atoms with Crippen LogP contribution in [0, 0.1) is 0 Å². The van der Waals surface area contributed by atoms with Gasteiger partial charge in [-0.3, -0.25) is 9.59 Å². The number of aliphatic hydroxyl groups excluding tert-OH is 1. The first-order valence-corrected chi connectivity index (χ1v) is 12.4. The minimum atomic E-state index is -0.668. The first kappa shape index (κ1) is 24.5. The molecule has 0 saturated carbocycles. The number of Topliss-reactive ketones (excluding diaryl/α,β-unsaturated/α-hetero) is 1. The Morgan fingerprint density at radius 1 is 1.06 bits per heavy atom. The van der Waals surface area contributed by atoms with Crippen molar-refractivity contribution in [2.75, 3.05) is 20.8 Å². The molecule has 7 heteroatoms. The molecule has 1 unspecified atom stereocenters. The van der Waals surface area contributed by atoms with Crippen molar-refractivity contribution in [3.05, 3.63) is 92.9 Å². The molecule has 0 aliphatic carbocycles. The second-order valence-corrected chi connectivity index (χ2v) is 9.68. The molecule has 2 heterocycles. The molecule has 2 aromatic carbocycles. The zero-order valence-electron chi connectivity index (χ0n) is 20.3. The lowest BCUT2D eigenvalue weighted by Gasteiger charge is -2.27. The van der Waals surface area contributed by atoms with E-state index in [1.165, 1.54) is 11.3 Å². The number of ketones is 1. The van der Waals surface area contributed by atoms with Crippen LogP contribution in [0.3, 0.4) is 0 Å². The number of ether oxygens (including phenoxy) is 2. The number of carbonyl (C=O) groups is 2. The number of thiophene rings is 1. The van der Waals surface area contributed by atoms with Gasteiger partial charge in [-0.1, -0.05) is 50.2 Å². The normalized spacial score (nSPS) is 15.7. The summed E-state index contributed by atoms with van der Waals surface area (Å²) in [4.78, 5) is 28.7. The Labute approximate surface area is 209 Å². The molecule has 1 aromatic heterocycles. The molecule has 3 aromatic rings. The molecule has 4 rings (SSSR count). The van der Waals surface area contributed by atoms with Crippen molar-refractivity contribution in [1.29, 1.82) is 0 Å². The van der Waals surface area contributed by atoms with Gasteiger partial charge in [-0.25, -0.2) is 0 Å². The monoisotopic (exact) mass is 491 g/mol. The first-order chi connectivity index (χ1) is 16.8. The zero-order chi connectivity index (χ0) is 25.1. The van der Waals surface area contributed by atoms with Crippen LogP contribution in [-0.2, 0) is 11.2 Å². The number of nitrogens with zero attached hydrogens (tertiary/aromatic N) is 1. The van der Waals surface area contributed by atoms with Gasteiger partial charge in [0.05, 0.1) is 30.7 Å². The largest absolute Gasteiger partial charge is 0.503 e. The van der Waals surface area contributed by atoms with Crippen LogP contribution in [0.25, 0.3) is 0 Å². The van der Waals surface area contributed by atoms with Crippen molar-refractivity contribution >= 4 is 23.0 Å². The van der Waals surface area contributed by atoms with E-state index >= 15 is 0 Å². The maximum absolute atomic E-state index is 13.4. The number of methoxy groups -OCH3 is 2. The predicted molar refractivity (Wildman–Crippen MR) is 137 cm³/mol. The summed E-state index contributed by atoms with van der Waals surface area (Å²) < 4.78 is 10.7. The van der Waals surface area contributed by atoms with Gasteiger partial charge in [-0.15, -0.1) is 11.3 Å². The third-order valence-electron chi connectivity index (χ3n) is 6.30. The number of rotatable bonds is 9. The van der Waals surface area contributed by atoms with Crippen molar-refractivity contribution in [3.8, 4) is 11.5 Å². The quantitative estimate of drug-likeness (QED) is 0.388. The van der Waals surface area contributed by atoms with Gasteiger partial charge in [0.1, 0.15) is 0 Å². The number of amides is 1. The van der Waals surface area contributed by atoms with E-state index in [4.69, 9.17) is 9.47 Å². The highest BCUT2D eigenvalue weighted by atomic mass is 32.1. The highest BCUT2D eigenvalue weighted by Gasteiger charge is 2.43. The topological polar surface area (TPSA) is 76.1 Å². The molecule has 1 N–H and O–H groups in total. The summed E-state index contributed by atoms with van der Waals surface area (Å²) in [6, 6.07) is 16.3. The minimum Gasteiger partial charge on any atom is -0.503 e. The molecule has 0 bridgehead atoms. The van der Waals surface area contributed by atoms with Gasteiger partial charge in [0.25, 0.3) is 5.91 Å². The van der Waals surface area contributed by atoms with Crippen LogP contribution in [0.15, 0.2) is 71.3 Å². The van der Waals surface area contributed by atoms with E-state index in [1.807, 2.05) is 47.8 Å². The van der Waals surface area contributed by atoms with E-state index < -0.39 is 17.7 Å². The summed E-state index contributed by atoms with van der Waals surface area (Å²) in [6.07, 6.45) is 0.514. The molecule has 6 nitrogen and oxygen atoms in total. The van der Waals surface area contributed by atoms with Crippen LogP contribution in [0.5, 0.6) is 11.5 Å². The van der Waals surface area contributed by atoms with Gasteiger partial charge in [-0.05, 0) is 52.6 Å². The van der Waals surface area contributed by atoms with Crippen molar-refractivity contribution in [2.24, 2.45) is 0 Å². The Balaban J connectivity index is 1.68. The van der Waals surface area contributed by atoms with Gasteiger partial charge >= 0.3 is 0 Å². The molecule has 1 atom stereocenters. The Bertz CT molecular complexity index is 1240. The van der Waals surface area contributed by atoms with Crippen molar-refractivity contribution < 1.29 is 24.2 Å². The molecule has 0 radical (unpaired) electrons. The van der Waals surface area contributed by atoms with Crippen LogP contribution < -0.4 is 9.47 Å². The number of benzene rings is 2. The Kier molecular flexibility index (Phi) is 7.26. The Hall–Kier alpha value is -3.58. The predicted octanol–water partition coefficient (Wildman–Crippen LogP) is 5.71. The van der Waals surface area contributed by atoms with E-state index in [9.17, 15) is 14.7 Å². The average molecular weight is 492 g/mol. The van der Waals surface area contributed by atoms with Gasteiger partial charge < -0.3 is 19.5 Å². The summed E-state index contributed by atoms with van der Waals surface area (Å²) in [5, 5.41) is 12.7. The lowest BCUT2D eigenvalue weighted by molar-refractivity contribution is -0.129.